The zero-order chi connectivity index (χ0) is 15.6. The largest absolute Gasteiger partial charge is 0.326 e. The van der Waals surface area contributed by atoms with Crippen LogP contribution in [-0.2, 0) is 16.0 Å². The average Bonchev–Trinajstić information content (AvgIpc) is 2.79. The van der Waals surface area contributed by atoms with Gasteiger partial charge in [-0.05, 0) is 36.6 Å². The van der Waals surface area contributed by atoms with Crippen molar-refractivity contribution in [2.24, 2.45) is 5.41 Å². The van der Waals surface area contributed by atoms with Crippen LogP contribution in [0.2, 0.25) is 0 Å². The van der Waals surface area contributed by atoms with Crippen molar-refractivity contribution in [2.75, 3.05) is 16.8 Å². The Hall–Kier alpha value is -1.84. The third kappa shape index (κ3) is 3.43. The molecular weight excluding hydrogens is 264 g/mol. The number of nitrogens with zero attached hydrogens (tertiary/aromatic N) is 1. The van der Waals surface area contributed by atoms with Crippen molar-refractivity contribution in [3.63, 3.8) is 0 Å². The molecule has 0 aromatic heterocycles. The zero-order valence-electron chi connectivity index (χ0n) is 13.3. The molecule has 0 saturated carbocycles. The van der Waals surface area contributed by atoms with Gasteiger partial charge in [0.15, 0.2) is 0 Å². The second-order valence-electron chi connectivity index (χ2n) is 6.60. The summed E-state index contributed by atoms with van der Waals surface area (Å²) in [6.07, 6.45) is 2.21. The Morgan fingerprint density at radius 2 is 2.00 bits per heavy atom. The summed E-state index contributed by atoms with van der Waals surface area (Å²) < 4.78 is 0. The molecule has 0 saturated heterocycles. The third-order valence-corrected chi connectivity index (χ3v) is 3.62. The van der Waals surface area contributed by atoms with Crippen LogP contribution in [0, 0.1) is 5.41 Å². The molecule has 0 unspecified atom stereocenters. The van der Waals surface area contributed by atoms with E-state index in [2.05, 4.69) is 5.32 Å². The number of carbonyl (C=O) groups is 2. The van der Waals surface area contributed by atoms with Gasteiger partial charge in [-0.15, -0.1) is 0 Å². The lowest BCUT2D eigenvalue weighted by molar-refractivity contribution is -0.125. The van der Waals surface area contributed by atoms with E-state index in [1.165, 1.54) is 0 Å². The molecule has 114 valence electrons. The minimum absolute atomic E-state index is 0.0399. The molecule has 4 nitrogen and oxygen atoms in total. The summed E-state index contributed by atoms with van der Waals surface area (Å²) in [6.45, 7) is 8.52. The van der Waals surface area contributed by atoms with Gasteiger partial charge in [0.05, 0.1) is 0 Å². The van der Waals surface area contributed by atoms with Crippen LogP contribution in [0.4, 0.5) is 11.4 Å². The third-order valence-electron chi connectivity index (χ3n) is 3.62. The summed E-state index contributed by atoms with van der Waals surface area (Å²) in [7, 11) is 0. The fraction of sp³-hybridized carbons (Fsp3) is 0.529. The number of nitrogens with one attached hydrogen (secondary N) is 1. The van der Waals surface area contributed by atoms with Gasteiger partial charge in [-0.3, -0.25) is 9.59 Å². The molecule has 0 fully saturated rings. The van der Waals surface area contributed by atoms with Gasteiger partial charge in [-0.2, -0.15) is 0 Å². The second-order valence-corrected chi connectivity index (χ2v) is 6.60. The first kappa shape index (κ1) is 15.5. The van der Waals surface area contributed by atoms with Crippen LogP contribution in [0.3, 0.4) is 0 Å². The highest BCUT2D eigenvalue weighted by molar-refractivity contribution is 5.99. The fourth-order valence-corrected chi connectivity index (χ4v) is 2.55. The van der Waals surface area contributed by atoms with Crippen LogP contribution in [0.15, 0.2) is 18.2 Å². The van der Waals surface area contributed by atoms with Crippen LogP contribution in [0.25, 0.3) is 0 Å². The van der Waals surface area contributed by atoms with E-state index >= 15 is 0 Å². The monoisotopic (exact) mass is 288 g/mol. The molecule has 1 N–H and O–H groups in total. The molecule has 1 aromatic carbocycles. The maximum absolute atomic E-state index is 12.4. The first-order chi connectivity index (χ1) is 9.82. The molecule has 0 spiro atoms. The van der Waals surface area contributed by atoms with Gasteiger partial charge >= 0.3 is 0 Å². The van der Waals surface area contributed by atoms with Crippen molar-refractivity contribution in [1.82, 2.24) is 0 Å². The van der Waals surface area contributed by atoms with Gasteiger partial charge in [0, 0.05) is 29.8 Å². The number of anilines is 2. The van der Waals surface area contributed by atoms with Gasteiger partial charge in [-0.25, -0.2) is 0 Å². The number of hydrogen-bond acceptors (Lipinski definition) is 2. The quantitative estimate of drug-likeness (QED) is 0.927. The summed E-state index contributed by atoms with van der Waals surface area (Å²) in [6, 6.07) is 5.80. The first-order valence-electron chi connectivity index (χ1n) is 7.57. The lowest BCUT2D eigenvalue weighted by Crippen LogP contribution is -2.38. The van der Waals surface area contributed by atoms with E-state index in [4.69, 9.17) is 0 Å². The Kier molecular flexibility index (Phi) is 4.35. The maximum atomic E-state index is 12.4. The fourth-order valence-electron chi connectivity index (χ4n) is 2.55. The van der Waals surface area contributed by atoms with E-state index in [1.807, 2.05) is 50.8 Å². The smallest absolute Gasteiger partial charge is 0.232 e. The molecule has 0 atom stereocenters. The molecule has 1 aromatic rings. The first-order valence-corrected chi connectivity index (χ1v) is 7.57. The van der Waals surface area contributed by atoms with Crippen molar-refractivity contribution in [3.8, 4) is 0 Å². The van der Waals surface area contributed by atoms with Crippen molar-refractivity contribution in [3.05, 3.63) is 23.8 Å². The van der Waals surface area contributed by atoms with E-state index < -0.39 is 0 Å². The van der Waals surface area contributed by atoms with E-state index in [0.29, 0.717) is 6.42 Å². The maximum Gasteiger partial charge on any atom is 0.232 e. The molecule has 2 rings (SSSR count). The van der Waals surface area contributed by atoms with E-state index in [9.17, 15) is 9.59 Å². The average molecular weight is 288 g/mol. The Morgan fingerprint density at radius 3 is 2.62 bits per heavy atom. The van der Waals surface area contributed by atoms with Gasteiger partial charge in [0.25, 0.3) is 0 Å². The molecule has 4 heteroatoms. The van der Waals surface area contributed by atoms with Gasteiger partial charge in [0.1, 0.15) is 0 Å². The molecule has 0 aliphatic carbocycles. The Balaban J connectivity index is 2.17. The Morgan fingerprint density at radius 1 is 1.29 bits per heavy atom. The van der Waals surface area contributed by atoms with Gasteiger partial charge < -0.3 is 10.2 Å². The molecule has 21 heavy (non-hydrogen) atoms. The highest BCUT2D eigenvalue weighted by Crippen LogP contribution is 2.33. The standard InChI is InChI=1S/C17H24N2O2/c1-5-6-15(20)18-13-7-8-14-12(11-13)9-10-19(14)16(21)17(2,3)4/h7-8,11H,5-6,9-10H2,1-4H3,(H,18,20). The molecular formula is C17H24N2O2. The SMILES string of the molecule is CCCC(=O)Nc1ccc2c(c1)CCN2C(=O)C(C)(C)C. The normalized spacial score (nSPS) is 14.0. The molecule has 1 aliphatic rings. The Labute approximate surface area is 126 Å². The number of amides is 2. The van der Waals surface area contributed by atoms with E-state index in [0.717, 1.165) is 36.3 Å². The van der Waals surface area contributed by atoms with E-state index in [1.54, 1.807) is 0 Å². The predicted molar refractivity (Wildman–Crippen MR) is 85.5 cm³/mol. The highest BCUT2D eigenvalue weighted by atomic mass is 16.2. The van der Waals surface area contributed by atoms with Crippen molar-refractivity contribution >= 4 is 23.2 Å². The summed E-state index contributed by atoms with van der Waals surface area (Å²) in [5, 5.41) is 2.90. The number of rotatable bonds is 3. The number of fused-ring (bicyclic) bond motifs is 1. The van der Waals surface area contributed by atoms with Crippen LogP contribution in [0.5, 0.6) is 0 Å². The van der Waals surface area contributed by atoms with E-state index in [-0.39, 0.29) is 17.2 Å². The molecule has 0 radical (unpaired) electrons. The molecule has 1 aliphatic heterocycles. The van der Waals surface area contributed by atoms with Crippen molar-refractivity contribution in [1.29, 1.82) is 0 Å². The topological polar surface area (TPSA) is 49.4 Å². The number of benzene rings is 1. The van der Waals surface area contributed by atoms with Crippen LogP contribution in [0.1, 0.15) is 46.1 Å². The Bertz CT molecular complexity index is 558. The second kappa shape index (κ2) is 5.88. The minimum atomic E-state index is -0.379. The van der Waals surface area contributed by atoms with Gasteiger partial charge in [-0.1, -0.05) is 27.7 Å². The zero-order valence-corrected chi connectivity index (χ0v) is 13.3. The van der Waals surface area contributed by atoms with Gasteiger partial charge in [0.2, 0.25) is 11.8 Å². The molecule has 2 amide bonds. The van der Waals surface area contributed by atoms with Crippen LogP contribution >= 0.6 is 0 Å². The van der Waals surface area contributed by atoms with Crippen molar-refractivity contribution in [2.45, 2.75) is 47.0 Å². The number of hydrogen-bond donors (Lipinski definition) is 1. The lowest BCUT2D eigenvalue weighted by atomic mass is 9.94. The van der Waals surface area contributed by atoms with Crippen LogP contribution < -0.4 is 10.2 Å². The lowest BCUT2D eigenvalue weighted by Gasteiger charge is -2.26. The summed E-state index contributed by atoms with van der Waals surface area (Å²) in [5.41, 5.74) is 2.54. The number of carbonyl (C=O) groups excluding carboxylic acids is 2. The van der Waals surface area contributed by atoms with Crippen molar-refractivity contribution < 1.29 is 9.59 Å². The van der Waals surface area contributed by atoms with Crippen LogP contribution in [-0.4, -0.2) is 18.4 Å². The minimum Gasteiger partial charge on any atom is -0.326 e. The predicted octanol–water partition coefficient (Wildman–Crippen LogP) is 3.36. The highest BCUT2D eigenvalue weighted by Gasteiger charge is 2.32. The summed E-state index contributed by atoms with van der Waals surface area (Å²) in [5.74, 6) is 0.182. The summed E-state index contributed by atoms with van der Waals surface area (Å²) in [4.78, 5) is 25.9. The molecule has 1 heterocycles. The summed E-state index contributed by atoms with van der Waals surface area (Å²) >= 11 is 0. The molecule has 0 bridgehead atoms.